The fourth-order valence-corrected chi connectivity index (χ4v) is 9.30. The van der Waals surface area contributed by atoms with Crippen molar-refractivity contribution in [2.45, 2.75) is 94.9 Å². The van der Waals surface area contributed by atoms with Gasteiger partial charge in [0.15, 0.2) is 6.17 Å². The Morgan fingerprint density at radius 3 is 2.47 bits per heavy atom. The zero-order valence-electron chi connectivity index (χ0n) is 33.2. The van der Waals surface area contributed by atoms with Crippen molar-refractivity contribution in [2.24, 2.45) is 4.99 Å². The molecule has 58 heavy (non-hydrogen) atoms. The van der Waals surface area contributed by atoms with Gasteiger partial charge in [-0.2, -0.15) is 0 Å². The predicted molar refractivity (Wildman–Crippen MR) is 216 cm³/mol. The van der Waals surface area contributed by atoms with E-state index in [1.807, 2.05) is 24.4 Å². The second kappa shape index (κ2) is 16.7. The SMILES string of the molecule is CN(C)C(=O)C1=CC2=CNC(Nc3ccc(C(=O)NCCCCN4CCC(c5cc(F)cc6c5CN(C5CCC(=O)NC5=O)C6=O)CC4)cc3)=NC2N1C1CCCC1. The first kappa shape index (κ1) is 39.3. The van der Waals surface area contributed by atoms with Crippen LogP contribution >= 0.6 is 0 Å². The summed E-state index contributed by atoms with van der Waals surface area (Å²) in [6.45, 7) is 3.39. The number of rotatable bonds is 11. The number of carbonyl (C=O) groups is 5. The Kier molecular flexibility index (Phi) is 11.3. The number of fused-ring (bicyclic) bond motifs is 2. The van der Waals surface area contributed by atoms with Crippen molar-refractivity contribution in [1.82, 2.24) is 35.6 Å². The lowest BCUT2D eigenvalue weighted by atomic mass is 9.85. The van der Waals surface area contributed by atoms with E-state index in [-0.39, 0.29) is 61.1 Å². The number of benzene rings is 2. The zero-order valence-corrected chi connectivity index (χ0v) is 33.2. The number of hydrogen-bond acceptors (Lipinski definition) is 10. The third-order valence-electron chi connectivity index (χ3n) is 12.4. The minimum absolute atomic E-state index is 0.0201. The molecule has 4 N–H and O–H groups in total. The van der Waals surface area contributed by atoms with Gasteiger partial charge < -0.3 is 35.6 Å². The number of imide groups is 1. The van der Waals surface area contributed by atoms with Crippen LogP contribution in [0.4, 0.5) is 10.1 Å². The molecule has 2 aromatic rings. The summed E-state index contributed by atoms with van der Waals surface area (Å²) < 4.78 is 14.8. The summed E-state index contributed by atoms with van der Waals surface area (Å²) in [6.07, 6.45) is 11.8. The summed E-state index contributed by atoms with van der Waals surface area (Å²) in [5, 5.41) is 11.9. The molecule has 2 aromatic carbocycles. The van der Waals surface area contributed by atoms with Gasteiger partial charge in [-0.05, 0) is 124 Å². The average molecular weight is 794 g/mol. The van der Waals surface area contributed by atoms with Crippen molar-refractivity contribution >= 4 is 41.2 Å². The first-order valence-corrected chi connectivity index (χ1v) is 20.6. The van der Waals surface area contributed by atoms with Crippen LogP contribution in [0.25, 0.3) is 0 Å². The molecule has 0 radical (unpaired) electrons. The summed E-state index contributed by atoms with van der Waals surface area (Å²) in [5.74, 6) is -1.08. The number of guanidine groups is 1. The van der Waals surface area contributed by atoms with E-state index in [2.05, 4.69) is 31.1 Å². The van der Waals surface area contributed by atoms with E-state index < -0.39 is 17.8 Å². The molecule has 15 heteroatoms. The third-order valence-corrected chi connectivity index (χ3v) is 12.4. The number of likely N-dealkylation sites (N-methyl/N-ethyl adjacent to an activating group) is 1. The molecule has 2 atom stereocenters. The minimum atomic E-state index is -0.731. The molecule has 2 saturated heterocycles. The second-order valence-electron chi connectivity index (χ2n) is 16.4. The van der Waals surface area contributed by atoms with E-state index in [0.29, 0.717) is 29.3 Å². The van der Waals surface area contributed by atoms with E-state index in [1.165, 1.54) is 11.0 Å². The number of nitrogens with one attached hydrogen (secondary N) is 4. The number of aliphatic imine (C=N–C) groups is 1. The Bertz CT molecular complexity index is 2070. The lowest BCUT2D eigenvalue weighted by Crippen LogP contribution is -2.52. The number of amides is 5. The van der Waals surface area contributed by atoms with Gasteiger partial charge in [-0.3, -0.25) is 29.3 Å². The highest BCUT2D eigenvalue weighted by molar-refractivity contribution is 6.05. The van der Waals surface area contributed by atoms with Gasteiger partial charge in [-0.1, -0.05) is 12.8 Å². The van der Waals surface area contributed by atoms with E-state index >= 15 is 0 Å². The highest BCUT2D eigenvalue weighted by atomic mass is 19.1. The summed E-state index contributed by atoms with van der Waals surface area (Å²) in [7, 11) is 3.55. The predicted octanol–water partition coefficient (Wildman–Crippen LogP) is 3.79. The first-order chi connectivity index (χ1) is 28.0. The van der Waals surface area contributed by atoms with Crippen molar-refractivity contribution in [2.75, 3.05) is 45.6 Å². The molecular weight excluding hydrogens is 742 g/mol. The number of likely N-dealkylation sites (tertiary alicyclic amines) is 1. The largest absolute Gasteiger partial charge is 0.352 e. The Morgan fingerprint density at radius 2 is 1.74 bits per heavy atom. The molecule has 8 rings (SSSR count). The molecule has 1 aliphatic carbocycles. The van der Waals surface area contributed by atoms with Crippen molar-refractivity contribution in [3.63, 3.8) is 0 Å². The molecule has 2 unspecified atom stereocenters. The van der Waals surface area contributed by atoms with Gasteiger partial charge in [0, 0.05) is 68.2 Å². The molecule has 1 saturated carbocycles. The third kappa shape index (κ3) is 8.09. The van der Waals surface area contributed by atoms with Crippen LogP contribution in [0.5, 0.6) is 0 Å². The van der Waals surface area contributed by atoms with Crippen molar-refractivity contribution < 1.29 is 28.4 Å². The molecule has 14 nitrogen and oxygen atoms in total. The van der Waals surface area contributed by atoms with Gasteiger partial charge >= 0.3 is 0 Å². The van der Waals surface area contributed by atoms with Crippen LogP contribution in [0.3, 0.4) is 0 Å². The van der Waals surface area contributed by atoms with Gasteiger partial charge in [0.2, 0.25) is 17.8 Å². The number of nitrogens with zero attached hydrogens (tertiary/aromatic N) is 5. The van der Waals surface area contributed by atoms with E-state index in [0.717, 1.165) is 93.4 Å². The zero-order chi connectivity index (χ0) is 40.5. The Morgan fingerprint density at radius 1 is 0.983 bits per heavy atom. The number of carbonyl (C=O) groups excluding carboxylic acids is 5. The molecule has 306 valence electrons. The summed E-state index contributed by atoms with van der Waals surface area (Å²) in [5.41, 5.74) is 4.97. The van der Waals surface area contributed by atoms with Crippen LogP contribution < -0.4 is 21.3 Å². The van der Waals surface area contributed by atoms with Gasteiger partial charge in [-0.15, -0.1) is 0 Å². The van der Waals surface area contributed by atoms with Crippen molar-refractivity contribution in [3.8, 4) is 0 Å². The second-order valence-corrected chi connectivity index (χ2v) is 16.4. The Hall–Kier alpha value is -5.57. The van der Waals surface area contributed by atoms with Gasteiger partial charge in [0.25, 0.3) is 17.7 Å². The number of unbranched alkanes of at least 4 members (excludes halogenated alkanes) is 1. The number of halogens is 1. The van der Waals surface area contributed by atoms with Crippen molar-refractivity contribution in [3.05, 3.63) is 88.0 Å². The maximum Gasteiger partial charge on any atom is 0.269 e. The maximum absolute atomic E-state index is 14.8. The van der Waals surface area contributed by atoms with Gasteiger partial charge in [-0.25, -0.2) is 9.38 Å². The van der Waals surface area contributed by atoms with Crippen LogP contribution in [-0.4, -0.2) is 114 Å². The molecule has 6 aliphatic rings. The van der Waals surface area contributed by atoms with Crippen LogP contribution in [-0.2, 0) is 20.9 Å². The fourth-order valence-electron chi connectivity index (χ4n) is 9.30. The highest BCUT2D eigenvalue weighted by Gasteiger charge is 2.42. The van der Waals surface area contributed by atoms with E-state index in [9.17, 15) is 28.4 Å². The van der Waals surface area contributed by atoms with Crippen molar-refractivity contribution in [1.29, 1.82) is 0 Å². The molecular formula is C43H52FN9O5. The minimum Gasteiger partial charge on any atom is -0.352 e. The van der Waals surface area contributed by atoms with Crippen LogP contribution in [0.15, 0.2) is 64.9 Å². The number of anilines is 1. The lowest BCUT2D eigenvalue weighted by molar-refractivity contribution is -0.137. The van der Waals surface area contributed by atoms with Gasteiger partial charge in [0.1, 0.15) is 17.6 Å². The summed E-state index contributed by atoms with van der Waals surface area (Å²) >= 11 is 0. The average Bonchev–Trinajstić information content (AvgIpc) is 3.96. The smallest absolute Gasteiger partial charge is 0.269 e. The molecule has 3 fully saturated rings. The van der Waals surface area contributed by atoms with E-state index in [1.54, 1.807) is 37.2 Å². The molecule has 0 bridgehead atoms. The Balaban J connectivity index is 0.771. The molecule has 5 aliphatic heterocycles. The molecule has 0 spiro atoms. The van der Waals surface area contributed by atoms with Crippen LogP contribution in [0.2, 0.25) is 0 Å². The van der Waals surface area contributed by atoms with E-state index in [4.69, 9.17) is 4.99 Å². The summed E-state index contributed by atoms with van der Waals surface area (Å²) in [6, 6.07) is 9.66. The molecule has 0 aromatic heterocycles. The lowest BCUT2D eigenvalue weighted by Gasteiger charge is -2.35. The normalized spacial score (nSPS) is 22.5. The first-order valence-electron chi connectivity index (χ1n) is 20.6. The maximum atomic E-state index is 14.8. The van der Waals surface area contributed by atoms with Gasteiger partial charge in [0.05, 0.1) is 0 Å². The monoisotopic (exact) mass is 793 g/mol. The molecule has 5 amide bonds. The summed E-state index contributed by atoms with van der Waals surface area (Å²) in [4.78, 5) is 76.1. The standard InChI is InChI=1S/C43H52FN9O5/c1-50(2)42(58)36-21-28-24-46-43(49-38(28)53(36)31-7-3-4-8-31)47-30-11-9-27(10-12-30)39(55)45-17-5-6-18-51-19-15-26(16-20-51)32-22-29(44)23-33-34(32)25-52(41(33)57)35-13-14-37(54)48-40(35)56/h9-12,21-24,26,31,35,38H,3-8,13-20,25H2,1-2H3,(H,45,55)(H2,46,47,49)(H,48,54,56). The topological polar surface area (TPSA) is 159 Å². The number of piperidine rings is 2. The Labute approximate surface area is 337 Å². The van der Waals surface area contributed by atoms with Crippen LogP contribution in [0, 0.1) is 5.82 Å². The quantitative estimate of drug-likeness (QED) is 0.196. The fraction of sp³-hybridized carbons (Fsp3) is 0.488. The van der Waals surface area contributed by atoms with Crippen LogP contribution in [0.1, 0.15) is 102 Å². The number of hydrogen-bond donors (Lipinski definition) is 4. The highest BCUT2D eigenvalue weighted by Crippen LogP contribution is 2.39. The molecule has 5 heterocycles.